The van der Waals surface area contributed by atoms with Gasteiger partial charge >= 0.3 is 0 Å². The van der Waals surface area contributed by atoms with Crippen molar-refractivity contribution in [2.45, 2.75) is 38.7 Å². The number of carbonyl (C=O) groups excluding carboxylic acids is 1. The number of hydrogen-bond donors (Lipinski definition) is 0. The first-order valence-electron chi connectivity index (χ1n) is 5.46. The molecule has 92 valence electrons. The number of hydrogen-bond acceptors (Lipinski definition) is 4. The average Bonchev–Trinajstić information content (AvgIpc) is 2.48. The molecule has 1 aliphatic carbocycles. The fraction of sp³-hybridized carbons (Fsp3) is 0.727. The predicted molar refractivity (Wildman–Crippen MR) is 61.5 cm³/mol. The van der Waals surface area contributed by atoms with Crippen molar-refractivity contribution in [3.8, 4) is 0 Å². The Morgan fingerprint density at radius 2 is 2.25 bits per heavy atom. The van der Waals surface area contributed by atoms with Crippen LogP contribution in [0.1, 0.15) is 32.6 Å². The van der Waals surface area contributed by atoms with E-state index in [1.54, 1.807) is 13.0 Å². The molecule has 2 unspecified atom stereocenters. The molecular formula is C11H18O4S. The van der Waals surface area contributed by atoms with Crippen molar-refractivity contribution in [1.29, 1.82) is 0 Å². The highest BCUT2D eigenvalue weighted by Crippen LogP contribution is 2.24. The monoisotopic (exact) mass is 246 g/mol. The van der Waals surface area contributed by atoms with Gasteiger partial charge in [0.15, 0.2) is 0 Å². The molecule has 0 aromatic rings. The Balaban J connectivity index is 2.34. The summed E-state index contributed by atoms with van der Waals surface area (Å²) in [4.78, 5) is 11.3. The first-order chi connectivity index (χ1) is 7.38. The summed E-state index contributed by atoms with van der Waals surface area (Å²) in [6.07, 6.45) is 7.39. The Kier molecular flexibility index (Phi) is 4.68. The van der Waals surface area contributed by atoms with Gasteiger partial charge in [0.25, 0.3) is 10.1 Å². The molecule has 0 aromatic heterocycles. The predicted octanol–water partition coefficient (Wildman–Crippen LogP) is 1.67. The third kappa shape index (κ3) is 4.90. The zero-order valence-corrected chi connectivity index (χ0v) is 10.5. The second kappa shape index (κ2) is 5.59. The van der Waals surface area contributed by atoms with Gasteiger partial charge in [0, 0.05) is 12.3 Å². The van der Waals surface area contributed by atoms with E-state index in [0.29, 0.717) is 18.6 Å². The lowest BCUT2D eigenvalue weighted by molar-refractivity contribution is -0.120. The summed E-state index contributed by atoms with van der Waals surface area (Å²) < 4.78 is 26.3. The van der Waals surface area contributed by atoms with Gasteiger partial charge in [-0.1, -0.05) is 12.2 Å². The summed E-state index contributed by atoms with van der Waals surface area (Å²) >= 11 is 0. The van der Waals surface area contributed by atoms with Crippen LogP contribution >= 0.6 is 0 Å². The SMILES string of the molecule is CC(/C=C/CC1CCCC1=O)OS(C)(=O)=O. The molecule has 0 aliphatic heterocycles. The van der Waals surface area contributed by atoms with E-state index in [-0.39, 0.29) is 5.92 Å². The summed E-state index contributed by atoms with van der Waals surface area (Å²) in [5.41, 5.74) is 0. The van der Waals surface area contributed by atoms with E-state index in [1.807, 2.05) is 6.08 Å². The van der Waals surface area contributed by atoms with E-state index in [0.717, 1.165) is 19.1 Å². The quantitative estimate of drug-likeness (QED) is 0.547. The molecule has 0 saturated heterocycles. The van der Waals surface area contributed by atoms with Gasteiger partial charge < -0.3 is 0 Å². The fourth-order valence-corrected chi connectivity index (χ4v) is 2.49. The van der Waals surface area contributed by atoms with Crippen molar-refractivity contribution in [3.05, 3.63) is 12.2 Å². The molecule has 0 heterocycles. The first kappa shape index (κ1) is 13.4. The third-order valence-electron chi connectivity index (χ3n) is 2.59. The maximum Gasteiger partial charge on any atom is 0.264 e. The van der Waals surface area contributed by atoms with E-state index >= 15 is 0 Å². The van der Waals surface area contributed by atoms with Crippen LogP contribution in [0.3, 0.4) is 0 Å². The van der Waals surface area contributed by atoms with Crippen LogP contribution in [0.5, 0.6) is 0 Å². The molecule has 0 N–H and O–H groups in total. The van der Waals surface area contributed by atoms with E-state index in [4.69, 9.17) is 4.18 Å². The normalized spacial score (nSPS) is 24.1. The standard InChI is InChI=1S/C11H18O4S/c1-9(15-16(2,13)14)5-3-6-10-7-4-8-11(10)12/h3,5,9-10H,4,6-8H2,1-2H3/b5-3+. The smallest absolute Gasteiger partial charge is 0.264 e. The van der Waals surface area contributed by atoms with Gasteiger partial charge in [-0.15, -0.1) is 0 Å². The van der Waals surface area contributed by atoms with Crippen molar-refractivity contribution in [2.24, 2.45) is 5.92 Å². The van der Waals surface area contributed by atoms with Crippen molar-refractivity contribution < 1.29 is 17.4 Å². The lowest BCUT2D eigenvalue weighted by Crippen LogP contribution is -2.11. The van der Waals surface area contributed by atoms with Gasteiger partial charge in [-0.25, -0.2) is 0 Å². The van der Waals surface area contributed by atoms with Crippen molar-refractivity contribution in [3.63, 3.8) is 0 Å². The number of carbonyl (C=O) groups is 1. The lowest BCUT2D eigenvalue weighted by Gasteiger charge is -2.06. The largest absolute Gasteiger partial charge is 0.299 e. The summed E-state index contributed by atoms with van der Waals surface area (Å²) in [6, 6.07) is 0. The fourth-order valence-electron chi connectivity index (χ4n) is 1.88. The third-order valence-corrected chi connectivity index (χ3v) is 3.24. The number of Topliss-reactive ketones (excluding diaryl/α,β-unsaturated/α-hetero) is 1. The Hall–Kier alpha value is -0.680. The van der Waals surface area contributed by atoms with Crippen molar-refractivity contribution in [1.82, 2.24) is 0 Å². The highest BCUT2D eigenvalue weighted by molar-refractivity contribution is 7.86. The first-order valence-corrected chi connectivity index (χ1v) is 7.28. The zero-order valence-electron chi connectivity index (χ0n) is 9.68. The van der Waals surface area contributed by atoms with E-state index in [9.17, 15) is 13.2 Å². The van der Waals surface area contributed by atoms with Crippen LogP contribution in [0.15, 0.2) is 12.2 Å². The van der Waals surface area contributed by atoms with Crippen LogP contribution in [-0.4, -0.2) is 26.6 Å². The minimum Gasteiger partial charge on any atom is -0.299 e. The Morgan fingerprint density at radius 3 is 2.75 bits per heavy atom. The molecule has 1 aliphatic rings. The molecule has 2 atom stereocenters. The molecule has 0 amide bonds. The summed E-state index contributed by atoms with van der Waals surface area (Å²) in [6.45, 7) is 1.66. The van der Waals surface area contributed by atoms with Crippen LogP contribution in [0.25, 0.3) is 0 Å². The summed E-state index contributed by atoms with van der Waals surface area (Å²) in [5, 5.41) is 0. The Morgan fingerprint density at radius 1 is 1.56 bits per heavy atom. The van der Waals surface area contributed by atoms with Gasteiger partial charge in [0.1, 0.15) is 5.78 Å². The summed E-state index contributed by atoms with van der Waals surface area (Å²) in [7, 11) is -3.40. The molecule has 1 rings (SSSR count). The van der Waals surface area contributed by atoms with E-state index < -0.39 is 16.2 Å². The zero-order chi connectivity index (χ0) is 12.2. The molecule has 16 heavy (non-hydrogen) atoms. The number of rotatable bonds is 5. The Bertz CT molecular complexity index is 369. The molecule has 0 aromatic carbocycles. The number of allylic oxidation sites excluding steroid dienone is 1. The van der Waals surface area contributed by atoms with Gasteiger partial charge in [0.05, 0.1) is 12.4 Å². The molecule has 4 nitrogen and oxygen atoms in total. The van der Waals surface area contributed by atoms with Crippen LogP contribution in [0.4, 0.5) is 0 Å². The molecule has 1 saturated carbocycles. The Labute approximate surface area is 96.8 Å². The lowest BCUT2D eigenvalue weighted by atomic mass is 10.0. The second-order valence-electron chi connectivity index (χ2n) is 4.22. The minimum atomic E-state index is -3.40. The summed E-state index contributed by atoms with van der Waals surface area (Å²) in [5.74, 6) is 0.447. The van der Waals surface area contributed by atoms with Crippen LogP contribution in [0.2, 0.25) is 0 Å². The highest BCUT2D eigenvalue weighted by Gasteiger charge is 2.22. The highest BCUT2D eigenvalue weighted by atomic mass is 32.2. The maximum atomic E-state index is 11.3. The van der Waals surface area contributed by atoms with Crippen LogP contribution < -0.4 is 0 Å². The van der Waals surface area contributed by atoms with Crippen LogP contribution in [0, 0.1) is 5.92 Å². The van der Waals surface area contributed by atoms with Gasteiger partial charge in [-0.2, -0.15) is 8.42 Å². The van der Waals surface area contributed by atoms with E-state index in [2.05, 4.69) is 0 Å². The molecule has 0 bridgehead atoms. The average molecular weight is 246 g/mol. The van der Waals surface area contributed by atoms with Crippen LogP contribution in [-0.2, 0) is 19.1 Å². The topological polar surface area (TPSA) is 60.4 Å². The molecule has 0 radical (unpaired) electrons. The minimum absolute atomic E-state index is 0.127. The van der Waals surface area contributed by atoms with Gasteiger partial charge in [-0.3, -0.25) is 8.98 Å². The molecule has 0 spiro atoms. The molecule has 5 heteroatoms. The van der Waals surface area contributed by atoms with Crippen molar-refractivity contribution in [2.75, 3.05) is 6.26 Å². The van der Waals surface area contributed by atoms with Crippen molar-refractivity contribution >= 4 is 15.9 Å². The van der Waals surface area contributed by atoms with Gasteiger partial charge in [-0.05, 0) is 26.2 Å². The van der Waals surface area contributed by atoms with E-state index in [1.165, 1.54) is 0 Å². The molecule has 1 fully saturated rings. The molecular weight excluding hydrogens is 228 g/mol. The number of ketones is 1. The second-order valence-corrected chi connectivity index (χ2v) is 5.83. The van der Waals surface area contributed by atoms with Gasteiger partial charge in [0.2, 0.25) is 0 Å². The maximum absolute atomic E-state index is 11.3.